The van der Waals surface area contributed by atoms with E-state index in [1.807, 2.05) is 73.4 Å². The van der Waals surface area contributed by atoms with E-state index in [0.717, 1.165) is 28.1 Å². The number of benzene rings is 1. The minimum Gasteiger partial charge on any atom is -0.351 e. The van der Waals surface area contributed by atoms with Gasteiger partial charge in [-0.15, -0.1) is 0 Å². The summed E-state index contributed by atoms with van der Waals surface area (Å²) < 4.78 is 2.03. The van der Waals surface area contributed by atoms with Crippen molar-refractivity contribution >= 4 is 11.8 Å². The maximum atomic E-state index is 12.8. The molecule has 0 N–H and O–H groups in total. The van der Waals surface area contributed by atoms with Gasteiger partial charge < -0.3 is 14.4 Å². The van der Waals surface area contributed by atoms with E-state index in [1.54, 1.807) is 0 Å². The van der Waals surface area contributed by atoms with E-state index < -0.39 is 0 Å². The Labute approximate surface area is 155 Å². The molecule has 3 rings (SSSR count). The van der Waals surface area contributed by atoms with Crippen molar-refractivity contribution in [3.8, 4) is 0 Å². The Morgan fingerprint density at radius 1 is 0.808 bits per heavy atom. The topological polar surface area (TPSA) is 45.6 Å². The van der Waals surface area contributed by atoms with Gasteiger partial charge in [-0.05, 0) is 57.0 Å². The second kappa shape index (κ2) is 6.98. The summed E-state index contributed by atoms with van der Waals surface area (Å²) in [6.07, 6.45) is 0. The number of carbonyl (C=O) groups is 2. The Morgan fingerprint density at radius 2 is 1.38 bits per heavy atom. The van der Waals surface area contributed by atoms with Gasteiger partial charge in [0.15, 0.2) is 0 Å². The van der Waals surface area contributed by atoms with Crippen molar-refractivity contribution in [3.05, 3.63) is 57.9 Å². The van der Waals surface area contributed by atoms with Gasteiger partial charge in [0.1, 0.15) is 0 Å². The van der Waals surface area contributed by atoms with Gasteiger partial charge in [0.2, 0.25) is 0 Å². The van der Waals surface area contributed by atoms with Crippen molar-refractivity contribution in [1.82, 2.24) is 14.4 Å². The SMILES string of the molecule is Cc1ccc(C(=O)N2CCN(C(=O)c3cc(C)n(C)c3C)CC2)cc1C. The predicted octanol–water partition coefficient (Wildman–Crippen LogP) is 2.86. The molecule has 0 radical (unpaired) electrons. The number of piperazine rings is 1. The van der Waals surface area contributed by atoms with Crippen LogP contribution in [0.4, 0.5) is 0 Å². The standard InChI is InChI=1S/C21H27N3O2/c1-14-6-7-18(12-15(14)2)20(25)23-8-10-24(11-9-23)21(26)19-13-16(3)22(5)17(19)4/h6-7,12-13H,8-11H2,1-5H3. The van der Waals surface area contributed by atoms with Crippen molar-refractivity contribution < 1.29 is 9.59 Å². The van der Waals surface area contributed by atoms with Crippen LogP contribution in [0, 0.1) is 27.7 Å². The molecule has 1 fully saturated rings. The molecule has 0 spiro atoms. The summed E-state index contributed by atoms with van der Waals surface area (Å²) >= 11 is 0. The van der Waals surface area contributed by atoms with Crippen molar-refractivity contribution in [2.75, 3.05) is 26.2 Å². The lowest BCUT2D eigenvalue weighted by Crippen LogP contribution is -2.50. The third kappa shape index (κ3) is 3.26. The summed E-state index contributed by atoms with van der Waals surface area (Å²) in [6.45, 7) is 10.3. The summed E-state index contributed by atoms with van der Waals surface area (Å²) in [5, 5.41) is 0. The Balaban J connectivity index is 1.66. The summed E-state index contributed by atoms with van der Waals surface area (Å²) in [6, 6.07) is 7.77. The predicted molar refractivity (Wildman–Crippen MR) is 103 cm³/mol. The fourth-order valence-electron chi connectivity index (χ4n) is 3.41. The average Bonchev–Trinajstić information content (AvgIpc) is 2.90. The summed E-state index contributed by atoms with van der Waals surface area (Å²) in [5.41, 5.74) is 5.86. The number of carbonyl (C=O) groups excluding carboxylic acids is 2. The van der Waals surface area contributed by atoms with Crippen molar-refractivity contribution in [1.29, 1.82) is 0 Å². The van der Waals surface area contributed by atoms with Crippen LogP contribution >= 0.6 is 0 Å². The van der Waals surface area contributed by atoms with Gasteiger partial charge in [-0.3, -0.25) is 9.59 Å². The Bertz CT molecular complexity index is 858. The number of amides is 2. The lowest BCUT2D eigenvalue weighted by atomic mass is 10.1. The van der Waals surface area contributed by atoms with Crippen LogP contribution in [0.3, 0.4) is 0 Å². The molecule has 1 aliphatic rings. The second-order valence-corrected chi connectivity index (χ2v) is 7.23. The van der Waals surface area contributed by atoms with Crippen molar-refractivity contribution in [3.63, 3.8) is 0 Å². The lowest BCUT2D eigenvalue weighted by molar-refractivity contribution is 0.0535. The molecule has 0 aliphatic carbocycles. The molecule has 1 aromatic heterocycles. The van der Waals surface area contributed by atoms with Crippen LogP contribution in [0.25, 0.3) is 0 Å². The maximum absolute atomic E-state index is 12.8. The number of nitrogens with zero attached hydrogens (tertiary/aromatic N) is 3. The maximum Gasteiger partial charge on any atom is 0.255 e. The Kier molecular flexibility index (Phi) is 4.90. The number of aryl methyl sites for hydroxylation is 3. The Morgan fingerprint density at radius 3 is 1.88 bits per heavy atom. The molecule has 1 saturated heterocycles. The highest BCUT2D eigenvalue weighted by Crippen LogP contribution is 2.18. The van der Waals surface area contributed by atoms with Gasteiger partial charge in [-0.25, -0.2) is 0 Å². The number of aromatic nitrogens is 1. The fraction of sp³-hybridized carbons (Fsp3) is 0.429. The molecule has 2 amide bonds. The third-order valence-electron chi connectivity index (χ3n) is 5.61. The number of rotatable bonds is 2. The molecule has 1 aliphatic heterocycles. The van der Waals surface area contributed by atoms with E-state index in [2.05, 4.69) is 0 Å². The van der Waals surface area contributed by atoms with Gasteiger partial charge in [-0.1, -0.05) is 6.07 Å². The molecule has 5 nitrogen and oxygen atoms in total. The van der Waals surface area contributed by atoms with Crippen molar-refractivity contribution in [2.24, 2.45) is 7.05 Å². The second-order valence-electron chi connectivity index (χ2n) is 7.23. The van der Waals surface area contributed by atoms with E-state index in [-0.39, 0.29) is 11.8 Å². The van der Waals surface area contributed by atoms with E-state index in [0.29, 0.717) is 26.2 Å². The molecule has 0 atom stereocenters. The monoisotopic (exact) mass is 353 g/mol. The first-order valence-electron chi connectivity index (χ1n) is 9.08. The molecule has 5 heteroatoms. The van der Waals surface area contributed by atoms with E-state index >= 15 is 0 Å². The molecule has 138 valence electrons. The zero-order valence-electron chi connectivity index (χ0n) is 16.3. The van der Waals surface area contributed by atoms with Gasteiger partial charge in [0, 0.05) is 50.2 Å². The number of hydrogen-bond acceptors (Lipinski definition) is 2. The van der Waals surface area contributed by atoms with Crippen LogP contribution in [0.1, 0.15) is 43.2 Å². The fourth-order valence-corrected chi connectivity index (χ4v) is 3.41. The highest BCUT2D eigenvalue weighted by molar-refractivity contribution is 5.97. The van der Waals surface area contributed by atoms with Crippen LogP contribution in [-0.4, -0.2) is 52.4 Å². The quantitative estimate of drug-likeness (QED) is 0.833. The van der Waals surface area contributed by atoms with Crippen LogP contribution in [0.5, 0.6) is 0 Å². The molecule has 0 saturated carbocycles. The lowest BCUT2D eigenvalue weighted by Gasteiger charge is -2.35. The Hall–Kier alpha value is -2.56. The van der Waals surface area contributed by atoms with Crippen LogP contribution < -0.4 is 0 Å². The van der Waals surface area contributed by atoms with Crippen LogP contribution in [0.2, 0.25) is 0 Å². The molecule has 0 unspecified atom stereocenters. The first-order valence-corrected chi connectivity index (χ1v) is 9.08. The molecular formula is C21H27N3O2. The van der Waals surface area contributed by atoms with E-state index in [1.165, 1.54) is 5.56 Å². The molecule has 2 aromatic rings. The largest absolute Gasteiger partial charge is 0.351 e. The first-order chi connectivity index (χ1) is 12.3. The minimum atomic E-state index is 0.0481. The smallest absolute Gasteiger partial charge is 0.255 e. The highest BCUT2D eigenvalue weighted by Gasteiger charge is 2.27. The first kappa shape index (κ1) is 18.2. The van der Waals surface area contributed by atoms with Crippen LogP contribution in [-0.2, 0) is 7.05 Å². The molecule has 0 bridgehead atoms. The van der Waals surface area contributed by atoms with Crippen molar-refractivity contribution in [2.45, 2.75) is 27.7 Å². The summed E-state index contributed by atoms with van der Waals surface area (Å²) in [5.74, 6) is 0.108. The number of hydrogen-bond donors (Lipinski definition) is 0. The molecular weight excluding hydrogens is 326 g/mol. The highest BCUT2D eigenvalue weighted by atomic mass is 16.2. The van der Waals surface area contributed by atoms with E-state index in [4.69, 9.17) is 0 Å². The van der Waals surface area contributed by atoms with Gasteiger partial charge >= 0.3 is 0 Å². The summed E-state index contributed by atoms with van der Waals surface area (Å²) in [4.78, 5) is 29.3. The van der Waals surface area contributed by atoms with Gasteiger partial charge in [0.25, 0.3) is 11.8 Å². The van der Waals surface area contributed by atoms with Gasteiger partial charge in [0.05, 0.1) is 5.56 Å². The zero-order valence-corrected chi connectivity index (χ0v) is 16.3. The van der Waals surface area contributed by atoms with Crippen LogP contribution in [0.15, 0.2) is 24.3 Å². The summed E-state index contributed by atoms with van der Waals surface area (Å²) in [7, 11) is 1.97. The molecule has 26 heavy (non-hydrogen) atoms. The minimum absolute atomic E-state index is 0.0481. The molecule has 1 aromatic carbocycles. The third-order valence-corrected chi connectivity index (χ3v) is 5.61. The molecule has 2 heterocycles. The zero-order chi connectivity index (χ0) is 19.0. The van der Waals surface area contributed by atoms with Gasteiger partial charge in [-0.2, -0.15) is 0 Å². The van der Waals surface area contributed by atoms with E-state index in [9.17, 15) is 9.59 Å². The average molecular weight is 353 g/mol. The normalized spacial score (nSPS) is 14.7.